The Morgan fingerprint density at radius 2 is 2.22 bits per heavy atom. The molecule has 1 fully saturated rings. The third-order valence-corrected chi connectivity index (χ3v) is 3.43. The summed E-state index contributed by atoms with van der Waals surface area (Å²) in [6.45, 7) is 6.44. The zero-order chi connectivity index (χ0) is 13.4. The van der Waals surface area contributed by atoms with E-state index in [0.717, 1.165) is 5.56 Å². The van der Waals surface area contributed by atoms with Crippen molar-refractivity contribution in [1.82, 2.24) is 15.2 Å². The molecule has 0 spiro atoms. The van der Waals surface area contributed by atoms with Crippen LogP contribution in [-0.2, 0) is 6.54 Å². The predicted molar refractivity (Wildman–Crippen MR) is 74.8 cm³/mol. The van der Waals surface area contributed by atoms with Gasteiger partial charge in [0.1, 0.15) is 5.72 Å². The van der Waals surface area contributed by atoms with Gasteiger partial charge >= 0.3 is 0 Å². The smallest absolute Gasteiger partial charge is 0.171 e. The van der Waals surface area contributed by atoms with Crippen LogP contribution < -0.4 is 5.32 Å². The molecule has 5 heteroatoms. The van der Waals surface area contributed by atoms with Gasteiger partial charge in [-0.2, -0.15) is 0 Å². The molecule has 0 amide bonds. The number of nitrogens with one attached hydrogen (secondary N) is 1. The molecular weight excluding hydrogens is 246 g/mol. The van der Waals surface area contributed by atoms with Crippen molar-refractivity contribution in [3.05, 3.63) is 30.1 Å². The summed E-state index contributed by atoms with van der Waals surface area (Å²) in [5, 5.41) is 14.4. The van der Waals surface area contributed by atoms with E-state index < -0.39 is 5.72 Å². The fourth-order valence-electron chi connectivity index (χ4n) is 2.47. The molecule has 1 saturated heterocycles. The van der Waals surface area contributed by atoms with E-state index in [1.807, 2.05) is 30.9 Å². The molecule has 0 saturated carbocycles. The molecule has 1 aliphatic heterocycles. The second kappa shape index (κ2) is 4.48. The highest BCUT2D eigenvalue weighted by Gasteiger charge is 2.42. The van der Waals surface area contributed by atoms with Crippen LogP contribution in [0.3, 0.4) is 0 Å². The largest absolute Gasteiger partial charge is 0.371 e. The van der Waals surface area contributed by atoms with Gasteiger partial charge in [0.05, 0.1) is 0 Å². The van der Waals surface area contributed by atoms with Crippen LogP contribution in [0, 0.1) is 0 Å². The number of hydrogen-bond donors (Lipinski definition) is 2. The van der Waals surface area contributed by atoms with Crippen LogP contribution in [0.5, 0.6) is 0 Å². The quantitative estimate of drug-likeness (QED) is 0.796. The van der Waals surface area contributed by atoms with Crippen LogP contribution in [0.1, 0.15) is 32.8 Å². The normalized spacial score (nSPS) is 26.9. The summed E-state index contributed by atoms with van der Waals surface area (Å²) in [6, 6.07) is 3.86. The van der Waals surface area contributed by atoms with E-state index in [9.17, 15) is 5.11 Å². The van der Waals surface area contributed by atoms with Crippen molar-refractivity contribution in [2.45, 2.75) is 45.0 Å². The summed E-state index contributed by atoms with van der Waals surface area (Å²) >= 11 is 5.36. The number of aromatic nitrogens is 1. The average Bonchev–Trinajstić information content (AvgIpc) is 2.23. The lowest BCUT2D eigenvalue weighted by Crippen LogP contribution is -2.65. The number of aliphatic hydroxyl groups is 1. The molecule has 1 aromatic rings. The molecule has 18 heavy (non-hydrogen) atoms. The first kappa shape index (κ1) is 13.2. The molecule has 4 nitrogen and oxygen atoms in total. The third-order valence-electron chi connectivity index (χ3n) is 3.11. The highest BCUT2D eigenvalue weighted by Crippen LogP contribution is 2.30. The molecule has 0 aliphatic carbocycles. The second-order valence-electron chi connectivity index (χ2n) is 5.66. The minimum Gasteiger partial charge on any atom is -0.371 e. The van der Waals surface area contributed by atoms with Crippen LogP contribution in [0.25, 0.3) is 0 Å². The molecule has 1 atom stereocenters. The van der Waals surface area contributed by atoms with E-state index in [-0.39, 0.29) is 5.54 Å². The number of rotatable bonds is 2. The minimum absolute atomic E-state index is 0.188. The van der Waals surface area contributed by atoms with Crippen LogP contribution in [0.2, 0.25) is 0 Å². The van der Waals surface area contributed by atoms with Crippen molar-refractivity contribution in [2.24, 2.45) is 0 Å². The Balaban J connectivity index is 2.20. The van der Waals surface area contributed by atoms with Gasteiger partial charge in [-0.25, -0.2) is 0 Å². The molecule has 2 rings (SSSR count). The first-order chi connectivity index (χ1) is 8.30. The maximum atomic E-state index is 10.6. The molecule has 0 bridgehead atoms. The van der Waals surface area contributed by atoms with Crippen molar-refractivity contribution in [3.8, 4) is 0 Å². The Kier molecular flexibility index (Phi) is 3.29. The standard InChI is InChI=1S/C13H19N3OS/c1-12(2)9-13(3,17)16(11(18)15-12)8-10-5-4-6-14-7-10/h4-7,17H,8-9H2,1-3H3,(H,15,18)/t13-/m1/s1. The third kappa shape index (κ3) is 2.79. The summed E-state index contributed by atoms with van der Waals surface area (Å²) in [5.41, 5.74) is -0.102. The van der Waals surface area contributed by atoms with Crippen LogP contribution in [0.4, 0.5) is 0 Å². The molecule has 0 aromatic carbocycles. The SMILES string of the molecule is CC1(C)C[C@@](C)(O)N(Cc2cccnc2)C(=S)N1. The monoisotopic (exact) mass is 265 g/mol. The fourth-order valence-corrected chi connectivity index (χ4v) is 3.01. The van der Waals surface area contributed by atoms with Gasteiger partial charge in [-0.05, 0) is 44.6 Å². The van der Waals surface area contributed by atoms with Crippen LogP contribution in [-0.4, -0.2) is 31.4 Å². The highest BCUT2D eigenvalue weighted by atomic mass is 32.1. The molecular formula is C13H19N3OS. The molecule has 1 aliphatic rings. The van der Waals surface area contributed by atoms with Gasteiger partial charge in [-0.1, -0.05) is 6.07 Å². The zero-order valence-electron chi connectivity index (χ0n) is 11.0. The van der Waals surface area contributed by atoms with Crippen molar-refractivity contribution in [2.75, 3.05) is 0 Å². The molecule has 0 radical (unpaired) electrons. The number of nitrogens with zero attached hydrogens (tertiary/aromatic N) is 2. The lowest BCUT2D eigenvalue weighted by atomic mass is 9.90. The Bertz CT molecular complexity index is 445. The van der Waals surface area contributed by atoms with Gasteiger partial charge in [0.25, 0.3) is 0 Å². The number of thiocarbonyl (C=S) groups is 1. The predicted octanol–water partition coefficient (Wildman–Crippen LogP) is 1.65. The lowest BCUT2D eigenvalue weighted by molar-refractivity contribution is -0.0921. The highest BCUT2D eigenvalue weighted by molar-refractivity contribution is 7.80. The molecule has 2 N–H and O–H groups in total. The maximum Gasteiger partial charge on any atom is 0.171 e. The van der Waals surface area contributed by atoms with E-state index in [1.165, 1.54) is 0 Å². The first-order valence-electron chi connectivity index (χ1n) is 6.01. The molecule has 2 heterocycles. The first-order valence-corrected chi connectivity index (χ1v) is 6.42. The van der Waals surface area contributed by atoms with E-state index in [0.29, 0.717) is 18.1 Å². The van der Waals surface area contributed by atoms with E-state index in [4.69, 9.17) is 12.2 Å². The van der Waals surface area contributed by atoms with Gasteiger partial charge < -0.3 is 15.3 Å². The molecule has 0 unspecified atom stereocenters. The summed E-state index contributed by atoms with van der Waals surface area (Å²) in [4.78, 5) is 5.89. The zero-order valence-corrected chi connectivity index (χ0v) is 11.8. The van der Waals surface area contributed by atoms with Crippen LogP contribution in [0.15, 0.2) is 24.5 Å². The lowest BCUT2D eigenvalue weighted by Gasteiger charge is -2.49. The fraction of sp³-hybridized carbons (Fsp3) is 0.538. The number of pyridine rings is 1. The minimum atomic E-state index is -0.943. The van der Waals surface area contributed by atoms with Gasteiger partial charge in [0.2, 0.25) is 0 Å². The topological polar surface area (TPSA) is 48.4 Å². The van der Waals surface area contributed by atoms with Gasteiger partial charge in [-0.3, -0.25) is 4.98 Å². The van der Waals surface area contributed by atoms with E-state index in [2.05, 4.69) is 10.3 Å². The van der Waals surface area contributed by atoms with E-state index in [1.54, 1.807) is 19.3 Å². The Morgan fingerprint density at radius 1 is 1.50 bits per heavy atom. The Morgan fingerprint density at radius 3 is 2.78 bits per heavy atom. The Hall–Kier alpha value is -1.20. The average molecular weight is 265 g/mol. The van der Waals surface area contributed by atoms with E-state index >= 15 is 0 Å². The number of hydrogen-bond acceptors (Lipinski definition) is 3. The summed E-state index contributed by atoms with van der Waals surface area (Å²) in [5.74, 6) is 0. The van der Waals surface area contributed by atoms with Gasteiger partial charge in [-0.15, -0.1) is 0 Å². The van der Waals surface area contributed by atoms with Crippen LogP contribution >= 0.6 is 12.2 Å². The van der Waals surface area contributed by atoms with Crippen molar-refractivity contribution >= 4 is 17.3 Å². The maximum absolute atomic E-state index is 10.6. The summed E-state index contributed by atoms with van der Waals surface area (Å²) < 4.78 is 0. The Labute approximate surface area is 113 Å². The molecule has 1 aromatic heterocycles. The van der Waals surface area contributed by atoms with Crippen molar-refractivity contribution < 1.29 is 5.11 Å². The molecule has 98 valence electrons. The van der Waals surface area contributed by atoms with Crippen molar-refractivity contribution in [1.29, 1.82) is 0 Å². The van der Waals surface area contributed by atoms with Gasteiger partial charge in [0, 0.05) is 30.9 Å². The van der Waals surface area contributed by atoms with Crippen molar-refractivity contribution in [3.63, 3.8) is 0 Å². The summed E-state index contributed by atoms with van der Waals surface area (Å²) in [6.07, 6.45) is 4.14. The van der Waals surface area contributed by atoms with Gasteiger partial charge in [0.15, 0.2) is 5.11 Å². The summed E-state index contributed by atoms with van der Waals surface area (Å²) in [7, 11) is 0. The second-order valence-corrected chi connectivity index (χ2v) is 6.04.